The second kappa shape index (κ2) is 10.1. The summed E-state index contributed by atoms with van der Waals surface area (Å²) in [5, 5.41) is 6.21. The number of anilines is 2. The van der Waals surface area contributed by atoms with E-state index in [0.29, 0.717) is 22.3 Å². The maximum atomic E-state index is 13.2. The number of halogens is 2. The van der Waals surface area contributed by atoms with E-state index in [0.717, 1.165) is 25.6 Å². The maximum absolute atomic E-state index is 13.2. The summed E-state index contributed by atoms with van der Waals surface area (Å²) in [6, 6.07) is 18.1. The molecule has 1 aromatic heterocycles. The summed E-state index contributed by atoms with van der Waals surface area (Å²) in [6.07, 6.45) is 0. The fraction of sp³-hybridized carbons (Fsp3) is 0.115. The van der Waals surface area contributed by atoms with Crippen LogP contribution in [0.3, 0.4) is 0 Å². The minimum Gasteiger partial charge on any atom is -0.320 e. The van der Waals surface area contributed by atoms with Crippen LogP contribution >= 0.6 is 31.9 Å². The Morgan fingerprint density at radius 3 is 2.09 bits per heavy atom. The number of hydrogen-bond acceptors (Lipinski definition) is 3. The lowest BCUT2D eigenvalue weighted by atomic mass is 10.1. The molecule has 3 N–H and O–H groups in total. The van der Waals surface area contributed by atoms with Gasteiger partial charge in [0.1, 0.15) is 5.69 Å². The topological polar surface area (TPSA) is 92.2 Å². The number of carbonyl (C=O) groups excluding carboxylic acids is 3. The van der Waals surface area contributed by atoms with Gasteiger partial charge in [-0.2, -0.15) is 0 Å². The van der Waals surface area contributed by atoms with Gasteiger partial charge in [0, 0.05) is 25.7 Å². The molecule has 4 aromatic rings. The van der Waals surface area contributed by atoms with Crippen LogP contribution in [0.25, 0.3) is 10.9 Å². The molecular weight excluding hydrogens is 576 g/mol. The third-order valence-electron chi connectivity index (χ3n) is 5.33. The third-order valence-corrected chi connectivity index (χ3v) is 6.32. The zero-order valence-electron chi connectivity index (χ0n) is 19.2. The summed E-state index contributed by atoms with van der Waals surface area (Å²) in [5.41, 5.74) is 7.27. The number of aromatic nitrogens is 1. The van der Waals surface area contributed by atoms with Crippen molar-refractivity contribution < 1.29 is 14.4 Å². The van der Waals surface area contributed by atoms with Crippen molar-refractivity contribution in [2.75, 3.05) is 16.1 Å². The molecule has 0 aliphatic carbocycles. The molecule has 0 aliphatic heterocycles. The Hall–Kier alpha value is -3.43. The van der Waals surface area contributed by atoms with E-state index in [1.807, 2.05) is 45.0 Å². The van der Waals surface area contributed by atoms with Crippen LogP contribution in [0.15, 0.2) is 69.6 Å². The van der Waals surface area contributed by atoms with Gasteiger partial charge in [-0.15, -0.1) is 0 Å². The number of aryl methyl sites for hydroxylation is 3. The number of amides is 3. The molecule has 0 saturated heterocycles. The van der Waals surface area contributed by atoms with E-state index in [4.69, 9.17) is 0 Å². The van der Waals surface area contributed by atoms with E-state index in [9.17, 15) is 14.4 Å². The van der Waals surface area contributed by atoms with Gasteiger partial charge in [-0.25, -0.2) is 4.68 Å². The zero-order valence-corrected chi connectivity index (χ0v) is 22.4. The average molecular weight is 598 g/mol. The SMILES string of the molecule is Cc1cc(C)cc(NC(=O)C(=O)Nn2c(C(=O)Nc3ccc(Br)cc3C)cc3cc(Br)ccc32)c1. The normalized spacial score (nSPS) is 10.8. The molecule has 0 unspecified atom stereocenters. The van der Waals surface area contributed by atoms with Crippen LogP contribution < -0.4 is 16.1 Å². The lowest BCUT2D eigenvalue weighted by Crippen LogP contribution is -2.36. The summed E-state index contributed by atoms with van der Waals surface area (Å²) in [6.45, 7) is 5.70. The first-order valence-corrected chi connectivity index (χ1v) is 12.3. The molecule has 0 fully saturated rings. The summed E-state index contributed by atoms with van der Waals surface area (Å²) in [4.78, 5) is 38.7. The van der Waals surface area contributed by atoms with Crippen molar-refractivity contribution in [1.29, 1.82) is 0 Å². The quantitative estimate of drug-likeness (QED) is 0.250. The Bertz CT molecular complexity index is 1470. The van der Waals surface area contributed by atoms with Crippen molar-refractivity contribution in [2.45, 2.75) is 20.8 Å². The number of benzene rings is 3. The van der Waals surface area contributed by atoms with Crippen molar-refractivity contribution in [3.8, 4) is 0 Å². The van der Waals surface area contributed by atoms with Crippen molar-refractivity contribution in [3.63, 3.8) is 0 Å². The van der Waals surface area contributed by atoms with Crippen LogP contribution in [0, 0.1) is 20.8 Å². The lowest BCUT2D eigenvalue weighted by Gasteiger charge is -2.14. The predicted molar refractivity (Wildman–Crippen MR) is 145 cm³/mol. The molecule has 7 nitrogen and oxygen atoms in total. The summed E-state index contributed by atoms with van der Waals surface area (Å²) in [5.74, 6) is -2.18. The molecule has 3 aromatic carbocycles. The first-order chi connectivity index (χ1) is 16.6. The highest BCUT2D eigenvalue weighted by molar-refractivity contribution is 9.10. The number of carbonyl (C=O) groups is 3. The van der Waals surface area contributed by atoms with Gasteiger partial charge in [-0.05, 0) is 92.1 Å². The summed E-state index contributed by atoms with van der Waals surface area (Å²) < 4.78 is 3.04. The average Bonchev–Trinajstić information content (AvgIpc) is 3.12. The monoisotopic (exact) mass is 596 g/mol. The van der Waals surface area contributed by atoms with Crippen molar-refractivity contribution >= 4 is 71.9 Å². The molecule has 0 atom stereocenters. The van der Waals surface area contributed by atoms with Gasteiger partial charge in [0.2, 0.25) is 0 Å². The molecule has 0 radical (unpaired) electrons. The van der Waals surface area contributed by atoms with Crippen LogP contribution in [0.2, 0.25) is 0 Å². The molecule has 9 heteroatoms. The molecule has 1 heterocycles. The molecule has 35 heavy (non-hydrogen) atoms. The number of nitrogens with one attached hydrogen (secondary N) is 3. The van der Waals surface area contributed by atoms with Crippen molar-refractivity contribution in [2.24, 2.45) is 0 Å². The molecule has 0 bridgehead atoms. The predicted octanol–water partition coefficient (Wildman–Crippen LogP) is 6.05. The lowest BCUT2D eigenvalue weighted by molar-refractivity contribution is -0.133. The fourth-order valence-electron chi connectivity index (χ4n) is 3.81. The minimum atomic E-state index is -0.904. The van der Waals surface area contributed by atoms with Gasteiger partial charge in [0.05, 0.1) is 5.52 Å². The van der Waals surface area contributed by atoms with Crippen LogP contribution in [-0.2, 0) is 9.59 Å². The van der Waals surface area contributed by atoms with Crippen LogP contribution in [0.4, 0.5) is 11.4 Å². The Morgan fingerprint density at radius 1 is 0.743 bits per heavy atom. The maximum Gasteiger partial charge on any atom is 0.328 e. The minimum absolute atomic E-state index is 0.174. The van der Waals surface area contributed by atoms with Crippen LogP contribution in [0.1, 0.15) is 27.2 Å². The van der Waals surface area contributed by atoms with Gasteiger partial charge >= 0.3 is 11.8 Å². The van der Waals surface area contributed by atoms with Gasteiger partial charge in [0.25, 0.3) is 5.91 Å². The highest BCUT2D eigenvalue weighted by Crippen LogP contribution is 2.25. The molecule has 0 spiro atoms. The summed E-state index contributed by atoms with van der Waals surface area (Å²) in [7, 11) is 0. The van der Waals surface area contributed by atoms with Gasteiger partial charge in [-0.3, -0.25) is 19.8 Å². The van der Waals surface area contributed by atoms with Crippen molar-refractivity contribution in [3.05, 3.63) is 92.0 Å². The highest BCUT2D eigenvalue weighted by atomic mass is 79.9. The third kappa shape index (κ3) is 5.63. The van der Waals surface area contributed by atoms with Gasteiger partial charge in [-0.1, -0.05) is 37.9 Å². The number of nitrogens with zero attached hydrogens (tertiary/aromatic N) is 1. The van der Waals surface area contributed by atoms with E-state index in [1.54, 1.807) is 36.4 Å². The first-order valence-electron chi connectivity index (χ1n) is 10.7. The highest BCUT2D eigenvalue weighted by Gasteiger charge is 2.21. The number of fused-ring (bicyclic) bond motifs is 1. The molecule has 178 valence electrons. The van der Waals surface area contributed by atoms with E-state index >= 15 is 0 Å². The van der Waals surface area contributed by atoms with Gasteiger partial charge in [0.15, 0.2) is 0 Å². The Balaban J connectivity index is 1.64. The second-order valence-electron chi connectivity index (χ2n) is 8.25. The molecule has 0 saturated carbocycles. The first kappa shape index (κ1) is 24.7. The Morgan fingerprint density at radius 2 is 1.40 bits per heavy atom. The van der Waals surface area contributed by atoms with Gasteiger partial charge < -0.3 is 10.6 Å². The van der Waals surface area contributed by atoms with E-state index in [2.05, 4.69) is 47.9 Å². The largest absolute Gasteiger partial charge is 0.328 e. The van der Waals surface area contributed by atoms with E-state index < -0.39 is 17.7 Å². The molecule has 4 rings (SSSR count). The molecule has 0 aliphatic rings. The number of rotatable bonds is 4. The van der Waals surface area contributed by atoms with E-state index in [1.165, 1.54) is 4.68 Å². The van der Waals surface area contributed by atoms with Crippen LogP contribution in [-0.4, -0.2) is 22.4 Å². The second-order valence-corrected chi connectivity index (χ2v) is 10.1. The molecular formula is C26H22Br2N4O3. The fourth-order valence-corrected chi connectivity index (χ4v) is 4.67. The van der Waals surface area contributed by atoms with E-state index in [-0.39, 0.29) is 5.69 Å². The smallest absolute Gasteiger partial charge is 0.320 e. The Kier molecular flexibility index (Phi) is 7.09. The standard InChI is InChI=1S/C26H22Br2N4O3/c1-14-8-15(2)10-20(9-14)29-25(34)26(35)31-32-22-7-5-19(28)12-17(22)13-23(32)24(33)30-21-6-4-18(27)11-16(21)3/h4-13H,1-3H3,(H,29,34)(H,30,33)(H,31,35). The van der Waals surface area contributed by atoms with Crippen LogP contribution in [0.5, 0.6) is 0 Å². The summed E-state index contributed by atoms with van der Waals surface area (Å²) >= 11 is 6.84. The van der Waals surface area contributed by atoms with Crippen molar-refractivity contribution in [1.82, 2.24) is 4.68 Å². The molecule has 3 amide bonds. The zero-order chi connectivity index (χ0) is 25.3. The Labute approximate surface area is 219 Å². The number of hydrogen-bond donors (Lipinski definition) is 3.